The first-order chi connectivity index (χ1) is 10.5. The van der Waals surface area contributed by atoms with Crippen LogP contribution in [0.3, 0.4) is 0 Å². The second-order valence-corrected chi connectivity index (χ2v) is 5.31. The van der Waals surface area contributed by atoms with E-state index in [2.05, 4.69) is 10.3 Å². The van der Waals surface area contributed by atoms with E-state index in [4.69, 9.17) is 16.3 Å². The third-order valence-corrected chi connectivity index (χ3v) is 3.49. The summed E-state index contributed by atoms with van der Waals surface area (Å²) in [6.07, 6.45) is -0.341. The van der Waals surface area contributed by atoms with Crippen molar-refractivity contribution in [3.05, 3.63) is 68.6 Å². The number of benzene rings is 1. The lowest BCUT2D eigenvalue weighted by molar-refractivity contribution is 0.0827. The molecule has 0 spiro atoms. The number of halogens is 1. The van der Waals surface area contributed by atoms with Crippen LogP contribution in [0.25, 0.3) is 0 Å². The van der Waals surface area contributed by atoms with Gasteiger partial charge in [-0.25, -0.2) is 0 Å². The number of pyridine rings is 1. The minimum Gasteiger partial charge on any atom is -0.375 e. The summed E-state index contributed by atoms with van der Waals surface area (Å²) in [7, 11) is 1.55. The normalized spacial score (nSPS) is 12.0. The monoisotopic (exact) mass is 320 g/mol. The van der Waals surface area contributed by atoms with E-state index >= 15 is 0 Å². The average molecular weight is 321 g/mol. The molecule has 22 heavy (non-hydrogen) atoms. The molecule has 0 aliphatic carbocycles. The van der Waals surface area contributed by atoms with Gasteiger partial charge in [0.2, 0.25) is 0 Å². The van der Waals surface area contributed by atoms with Gasteiger partial charge in [0.15, 0.2) is 0 Å². The van der Waals surface area contributed by atoms with Crippen molar-refractivity contribution in [3.8, 4) is 0 Å². The zero-order chi connectivity index (χ0) is 16.1. The molecule has 1 aromatic heterocycles. The molecule has 2 N–H and O–H groups in total. The Labute approximate surface area is 133 Å². The number of amides is 1. The van der Waals surface area contributed by atoms with Gasteiger partial charge in [-0.15, -0.1) is 0 Å². The minimum atomic E-state index is -0.440. The van der Waals surface area contributed by atoms with Crippen LogP contribution in [0.5, 0.6) is 0 Å². The first-order valence-corrected chi connectivity index (χ1v) is 7.15. The predicted octanol–water partition coefficient (Wildman–Crippen LogP) is 2.45. The maximum Gasteiger partial charge on any atom is 0.260 e. The topological polar surface area (TPSA) is 71.2 Å². The molecular formula is C16H17ClN2O3. The average Bonchev–Trinajstić information content (AvgIpc) is 2.47. The van der Waals surface area contributed by atoms with E-state index in [1.807, 2.05) is 12.1 Å². The van der Waals surface area contributed by atoms with E-state index in [9.17, 15) is 9.59 Å². The number of aromatic amines is 1. The molecule has 0 saturated heterocycles. The Balaban J connectivity index is 2.07. The lowest BCUT2D eigenvalue weighted by atomic mass is 10.1. The predicted molar refractivity (Wildman–Crippen MR) is 85.3 cm³/mol. The molecule has 116 valence electrons. The summed E-state index contributed by atoms with van der Waals surface area (Å²) in [6.45, 7) is 1.99. The van der Waals surface area contributed by atoms with Crippen molar-refractivity contribution in [2.75, 3.05) is 13.7 Å². The van der Waals surface area contributed by atoms with Gasteiger partial charge in [-0.3, -0.25) is 9.59 Å². The van der Waals surface area contributed by atoms with Crippen molar-refractivity contribution in [1.82, 2.24) is 10.3 Å². The van der Waals surface area contributed by atoms with E-state index < -0.39 is 11.5 Å². The lowest BCUT2D eigenvalue weighted by Crippen LogP contribution is -2.33. The number of H-pyrrole nitrogens is 1. The van der Waals surface area contributed by atoms with Gasteiger partial charge in [0.1, 0.15) is 5.56 Å². The third kappa shape index (κ3) is 3.96. The Hall–Kier alpha value is -2.11. The molecule has 0 unspecified atom stereocenters. The highest BCUT2D eigenvalue weighted by Crippen LogP contribution is 2.19. The standard InChI is InChI=1S/C16H17ClN2O3/c1-10-6-7-13(16(21)19-10)15(20)18-9-14(22-2)11-4-3-5-12(17)8-11/h3-8,14H,9H2,1-2H3,(H,18,20)(H,19,21)/t14-/m0/s1. The Kier molecular flexibility index (Phi) is 5.35. The zero-order valence-electron chi connectivity index (χ0n) is 12.4. The Morgan fingerprint density at radius 1 is 1.36 bits per heavy atom. The van der Waals surface area contributed by atoms with E-state index in [1.54, 1.807) is 32.2 Å². The number of hydrogen-bond donors (Lipinski definition) is 2. The number of carbonyl (C=O) groups excluding carboxylic acids is 1. The van der Waals surface area contributed by atoms with Crippen molar-refractivity contribution >= 4 is 17.5 Å². The molecule has 0 saturated carbocycles. The molecule has 0 aliphatic heterocycles. The molecule has 5 nitrogen and oxygen atoms in total. The smallest absolute Gasteiger partial charge is 0.260 e. The molecule has 1 aromatic carbocycles. The van der Waals surface area contributed by atoms with Crippen LogP contribution in [0.1, 0.15) is 27.7 Å². The van der Waals surface area contributed by atoms with Crippen molar-refractivity contribution in [3.63, 3.8) is 0 Å². The Morgan fingerprint density at radius 3 is 2.77 bits per heavy atom. The molecule has 0 bridgehead atoms. The number of ether oxygens (including phenoxy) is 1. The highest BCUT2D eigenvalue weighted by molar-refractivity contribution is 6.30. The van der Waals surface area contributed by atoms with Crippen molar-refractivity contribution in [2.24, 2.45) is 0 Å². The van der Waals surface area contributed by atoms with E-state index in [0.29, 0.717) is 10.7 Å². The van der Waals surface area contributed by atoms with Gasteiger partial charge in [-0.05, 0) is 36.8 Å². The second-order valence-electron chi connectivity index (χ2n) is 4.87. The van der Waals surface area contributed by atoms with Crippen molar-refractivity contribution in [2.45, 2.75) is 13.0 Å². The summed E-state index contributed by atoms with van der Waals surface area (Å²) in [5, 5.41) is 3.30. The Morgan fingerprint density at radius 2 is 2.14 bits per heavy atom. The first-order valence-electron chi connectivity index (χ1n) is 6.77. The molecule has 0 fully saturated rings. The number of aryl methyl sites for hydroxylation is 1. The van der Waals surface area contributed by atoms with E-state index in [0.717, 1.165) is 5.56 Å². The second kappa shape index (κ2) is 7.24. The van der Waals surface area contributed by atoms with Gasteiger partial charge in [0.05, 0.1) is 6.10 Å². The number of carbonyl (C=O) groups is 1. The van der Waals surface area contributed by atoms with E-state index in [-0.39, 0.29) is 18.2 Å². The zero-order valence-corrected chi connectivity index (χ0v) is 13.1. The highest BCUT2D eigenvalue weighted by Gasteiger charge is 2.15. The van der Waals surface area contributed by atoms with Crippen molar-refractivity contribution < 1.29 is 9.53 Å². The number of methoxy groups -OCH3 is 1. The third-order valence-electron chi connectivity index (χ3n) is 3.25. The quantitative estimate of drug-likeness (QED) is 0.889. The molecule has 0 aliphatic rings. The summed E-state index contributed by atoms with van der Waals surface area (Å²) in [4.78, 5) is 26.4. The highest BCUT2D eigenvalue weighted by atomic mass is 35.5. The largest absolute Gasteiger partial charge is 0.375 e. The van der Waals surface area contributed by atoms with Crippen LogP contribution in [0.15, 0.2) is 41.2 Å². The van der Waals surface area contributed by atoms with Gasteiger partial charge in [-0.2, -0.15) is 0 Å². The number of nitrogens with one attached hydrogen (secondary N) is 2. The van der Waals surface area contributed by atoms with Crippen LogP contribution in [-0.2, 0) is 4.74 Å². The van der Waals surface area contributed by atoms with Crippen LogP contribution in [0, 0.1) is 6.92 Å². The number of aromatic nitrogens is 1. The summed E-state index contributed by atoms with van der Waals surface area (Å²) < 4.78 is 5.37. The number of hydrogen-bond acceptors (Lipinski definition) is 3. The molecule has 6 heteroatoms. The molecule has 1 atom stereocenters. The fourth-order valence-electron chi connectivity index (χ4n) is 2.08. The fourth-order valence-corrected chi connectivity index (χ4v) is 2.27. The van der Waals surface area contributed by atoms with Crippen LogP contribution in [-0.4, -0.2) is 24.5 Å². The summed E-state index contributed by atoms with van der Waals surface area (Å²) in [5.74, 6) is -0.440. The molecular weight excluding hydrogens is 304 g/mol. The maximum atomic E-state index is 12.1. The molecule has 2 rings (SSSR count). The van der Waals surface area contributed by atoms with E-state index in [1.165, 1.54) is 6.07 Å². The van der Waals surface area contributed by atoms with Gasteiger partial charge in [0, 0.05) is 24.4 Å². The fraction of sp³-hybridized carbons (Fsp3) is 0.250. The summed E-state index contributed by atoms with van der Waals surface area (Å²) in [6, 6.07) is 10.4. The van der Waals surface area contributed by atoms with Gasteiger partial charge in [-0.1, -0.05) is 23.7 Å². The SMILES string of the molecule is CO[C@@H](CNC(=O)c1ccc(C)[nH]c1=O)c1cccc(Cl)c1. The summed E-state index contributed by atoms with van der Waals surface area (Å²) in [5.41, 5.74) is 1.23. The minimum absolute atomic E-state index is 0.0755. The van der Waals surface area contributed by atoms with Crippen LogP contribution in [0.4, 0.5) is 0 Å². The van der Waals surface area contributed by atoms with Crippen LogP contribution < -0.4 is 10.9 Å². The number of rotatable bonds is 5. The molecule has 2 aromatic rings. The maximum absolute atomic E-state index is 12.1. The molecule has 1 amide bonds. The van der Waals surface area contributed by atoms with Gasteiger partial charge < -0.3 is 15.0 Å². The van der Waals surface area contributed by atoms with Gasteiger partial charge >= 0.3 is 0 Å². The van der Waals surface area contributed by atoms with Crippen molar-refractivity contribution in [1.29, 1.82) is 0 Å². The van der Waals surface area contributed by atoms with Crippen LogP contribution >= 0.6 is 11.6 Å². The van der Waals surface area contributed by atoms with Crippen LogP contribution in [0.2, 0.25) is 5.02 Å². The van der Waals surface area contributed by atoms with Gasteiger partial charge in [0.25, 0.3) is 11.5 Å². The summed E-state index contributed by atoms with van der Waals surface area (Å²) >= 11 is 5.95. The molecule has 0 radical (unpaired) electrons. The lowest BCUT2D eigenvalue weighted by Gasteiger charge is -2.16. The Bertz CT molecular complexity index is 727. The first kappa shape index (κ1) is 16.3. The molecule has 1 heterocycles.